The fourth-order valence-corrected chi connectivity index (χ4v) is 4.52. The number of ether oxygens (including phenoxy) is 2. The van der Waals surface area contributed by atoms with Crippen LogP contribution in [0.5, 0.6) is 5.75 Å². The van der Waals surface area contributed by atoms with Crippen molar-refractivity contribution in [1.82, 2.24) is 10.3 Å². The van der Waals surface area contributed by atoms with Gasteiger partial charge in [0.05, 0.1) is 23.4 Å². The maximum absolute atomic E-state index is 13.0. The Labute approximate surface area is 191 Å². The maximum atomic E-state index is 13.0. The van der Waals surface area contributed by atoms with Gasteiger partial charge in [0.2, 0.25) is 0 Å². The highest BCUT2D eigenvalue weighted by Gasteiger charge is 2.22. The summed E-state index contributed by atoms with van der Waals surface area (Å²) in [4.78, 5) is 29.8. The van der Waals surface area contributed by atoms with Crippen LogP contribution in [0, 0.1) is 6.92 Å². The topological polar surface area (TPSA) is 116 Å². The number of carbonyl (C=O) groups is 2. The van der Waals surface area contributed by atoms with E-state index in [0.717, 1.165) is 41.8 Å². The van der Waals surface area contributed by atoms with Crippen LogP contribution in [-0.4, -0.2) is 42.7 Å². The first-order valence-electron chi connectivity index (χ1n) is 11.1. The van der Waals surface area contributed by atoms with Gasteiger partial charge in [-0.1, -0.05) is 6.07 Å². The lowest BCUT2D eigenvalue weighted by Crippen LogP contribution is -2.38. The van der Waals surface area contributed by atoms with Gasteiger partial charge in [0.15, 0.2) is 0 Å². The van der Waals surface area contributed by atoms with Crippen LogP contribution >= 0.6 is 0 Å². The summed E-state index contributed by atoms with van der Waals surface area (Å²) in [5.74, 6) is 0.0773. The fraction of sp³-hybridized carbons (Fsp3) is 0.320. The van der Waals surface area contributed by atoms with Crippen molar-refractivity contribution in [3.8, 4) is 5.75 Å². The van der Waals surface area contributed by atoms with E-state index in [4.69, 9.17) is 15.2 Å². The molecule has 1 aromatic heterocycles. The highest BCUT2D eigenvalue weighted by Crippen LogP contribution is 2.37. The van der Waals surface area contributed by atoms with Gasteiger partial charge in [-0.2, -0.15) is 0 Å². The zero-order valence-electron chi connectivity index (χ0n) is 18.4. The number of hydrogen-bond donors (Lipinski definition) is 3. The molecule has 1 fully saturated rings. The summed E-state index contributed by atoms with van der Waals surface area (Å²) in [7, 11) is 0. The minimum absolute atomic E-state index is 0.0850. The van der Waals surface area contributed by atoms with Gasteiger partial charge in [-0.15, -0.1) is 0 Å². The number of aromatic nitrogens is 1. The number of nitrogens with two attached hydrogens (primary N) is 1. The quantitative estimate of drug-likeness (QED) is 0.554. The summed E-state index contributed by atoms with van der Waals surface area (Å²) in [6.45, 7) is 3.81. The number of carbonyl (C=O) groups excluding carboxylic acids is 2. The minimum Gasteiger partial charge on any atom is -0.493 e. The van der Waals surface area contributed by atoms with E-state index >= 15 is 0 Å². The Morgan fingerprint density at radius 3 is 2.76 bits per heavy atom. The van der Waals surface area contributed by atoms with Crippen LogP contribution in [0.4, 0.5) is 11.4 Å². The smallest absolute Gasteiger partial charge is 0.252 e. The van der Waals surface area contributed by atoms with Gasteiger partial charge in [0, 0.05) is 54.1 Å². The molecule has 3 heterocycles. The van der Waals surface area contributed by atoms with Crippen LogP contribution in [0.1, 0.15) is 44.7 Å². The van der Waals surface area contributed by atoms with Crippen molar-refractivity contribution in [2.75, 3.05) is 25.1 Å². The first-order valence-corrected chi connectivity index (χ1v) is 11.1. The summed E-state index contributed by atoms with van der Waals surface area (Å²) in [6, 6.07) is 9.46. The van der Waals surface area contributed by atoms with Crippen LogP contribution < -0.4 is 21.1 Å². The van der Waals surface area contributed by atoms with Gasteiger partial charge in [-0.25, -0.2) is 0 Å². The number of aryl methyl sites for hydroxylation is 1. The number of anilines is 2. The van der Waals surface area contributed by atoms with E-state index in [1.165, 1.54) is 6.20 Å². The Hall–Kier alpha value is -3.65. The van der Waals surface area contributed by atoms with E-state index in [2.05, 4.69) is 15.6 Å². The van der Waals surface area contributed by atoms with E-state index in [0.29, 0.717) is 42.0 Å². The van der Waals surface area contributed by atoms with Gasteiger partial charge in [-0.3, -0.25) is 14.6 Å². The molecule has 0 aliphatic carbocycles. The lowest BCUT2D eigenvalue weighted by atomic mass is 10.0. The molecular formula is C25H26N4O4. The summed E-state index contributed by atoms with van der Waals surface area (Å²) in [5.41, 5.74) is 10.4. The van der Waals surface area contributed by atoms with Gasteiger partial charge in [0.1, 0.15) is 5.75 Å². The Balaban J connectivity index is 1.59. The molecule has 0 spiro atoms. The zero-order chi connectivity index (χ0) is 22.9. The van der Waals surface area contributed by atoms with Gasteiger partial charge >= 0.3 is 0 Å². The van der Waals surface area contributed by atoms with Crippen molar-refractivity contribution >= 4 is 34.1 Å². The van der Waals surface area contributed by atoms with Crippen molar-refractivity contribution < 1.29 is 19.1 Å². The number of benzene rings is 2. The highest BCUT2D eigenvalue weighted by molar-refractivity contribution is 6.10. The molecule has 2 aliphatic rings. The number of amides is 2. The van der Waals surface area contributed by atoms with Crippen LogP contribution in [-0.2, 0) is 11.2 Å². The monoisotopic (exact) mass is 446 g/mol. The SMILES string of the molecule is Cc1cc(C(=O)NC2CCOCC2)cc2c(Nc3cccc4c3CCO4)c(C(N)=O)cnc12. The molecule has 2 amide bonds. The molecule has 0 unspecified atom stereocenters. The highest BCUT2D eigenvalue weighted by atomic mass is 16.5. The number of rotatable bonds is 5. The molecule has 0 bridgehead atoms. The molecule has 0 radical (unpaired) electrons. The molecule has 2 aromatic carbocycles. The second kappa shape index (κ2) is 8.71. The maximum Gasteiger partial charge on any atom is 0.252 e. The second-order valence-corrected chi connectivity index (χ2v) is 8.47. The van der Waals surface area contributed by atoms with Gasteiger partial charge in [0.25, 0.3) is 11.8 Å². The number of nitrogens with one attached hydrogen (secondary N) is 2. The lowest BCUT2D eigenvalue weighted by molar-refractivity contribution is 0.0696. The van der Waals surface area contributed by atoms with Gasteiger partial charge in [-0.05, 0) is 49.6 Å². The van der Waals surface area contributed by atoms with Crippen LogP contribution in [0.3, 0.4) is 0 Å². The zero-order valence-corrected chi connectivity index (χ0v) is 18.4. The van der Waals surface area contributed by atoms with Gasteiger partial charge < -0.3 is 25.8 Å². The molecule has 3 aromatic rings. The average molecular weight is 447 g/mol. The third-order valence-corrected chi connectivity index (χ3v) is 6.25. The Bertz CT molecular complexity index is 1250. The molecule has 33 heavy (non-hydrogen) atoms. The summed E-state index contributed by atoms with van der Waals surface area (Å²) < 4.78 is 11.1. The number of hydrogen-bond acceptors (Lipinski definition) is 6. The Morgan fingerprint density at radius 2 is 1.97 bits per heavy atom. The largest absolute Gasteiger partial charge is 0.493 e. The Kier molecular flexibility index (Phi) is 5.60. The fourth-order valence-electron chi connectivity index (χ4n) is 4.52. The van der Waals surface area contributed by atoms with Crippen LogP contribution in [0.15, 0.2) is 36.5 Å². The van der Waals surface area contributed by atoms with E-state index < -0.39 is 5.91 Å². The molecule has 4 N–H and O–H groups in total. The molecule has 0 atom stereocenters. The average Bonchev–Trinajstić information content (AvgIpc) is 3.30. The number of primary amides is 1. The molecule has 2 aliphatic heterocycles. The number of pyridine rings is 1. The molecule has 5 rings (SSSR count). The third-order valence-electron chi connectivity index (χ3n) is 6.25. The summed E-state index contributed by atoms with van der Waals surface area (Å²) in [6.07, 6.45) is 3.84. The number of fused-ring (bicyclic) bond motifs is 2. The second-order valence-electron chi connectivity index (χ2n) is 8.47. The van der Waals surface area contributed by atoms with E-state index in [1.807, 2.05) is 31.2 Å². The molecule has 8 nitrogen and oxygen atoms in total. The summed E-state index contributed by atoms with van der Waals surface area (Å²) >= 11 is 0. The molecular weight excluding hydrogens is 420 g/mol. The molecule has 0 saturated carbocycles. The summed E-state index contributed by atoms with van der Waals surface area (Å²) in [5, 5.41) is 7.17. The van der Waals surface area contributed by atoms with Crippen molar-refractivity contribution in [2.45, 2.75) is 32.2 Å². The standard InChI is InChI=1S/C25H26N4O4/c1-14-11-15(25(31)28-16-5-8-32-9-6-16)12-18-22(14)27-13-19(24(26)30)23(18)29-20-3-2-4-21-17(20)7-10-33-21/h2-4,11-13,16H,5-10H2,1H3,(H2,26,30)(H,27,29)(H,28,31). The predicted octanol–water partition coefficient (Wildman–Crippen LogP) is 3.23. The first kappa shape index (κ1) is 21.2. The third kappa shape index (κ3) is 4.09. The minimum atomic E-state index is -0.592. The molecule has 1 saturated heterocycles. The van der Waals surface area contributed by atoms with E-state index in [1.54, 1.807) is 6.07 Å². The lowest BCUT2D eigenvalue weighted by Gasteiger charge is -2.23. The molecule has 8 heteroatoms. The normalized spacial score (nSPS) is 15.7. The van der Waals surface area contributed by atoms with E-state index in [9.17, 15) is 9.59 Å². The predicted molar refractivity (Wildman–Crippen MR) is 125 cm³/mol. The van der Waals surface area contributed by atoms with Crippen molar-refractivity contribution in [3.05, 3.63) is 58.8 Å². The van der Waals surface area contributed by atoms with Crippen molar-refractivity contribution in [2.24, 2.45) is 5.73 Å². The van der Waals surface area contributed by atoms with Crippen molar-refractivity contribution in [1.29, 1.82) is 0 Å². The van der Waals surface area contributed by atoms with Crippen LogP contribution in [0.25, 0.3) is 10.9 Å². The van der Waals surface area contributed by atoms with Crippen LogP contribution in [0.2, 0.25) is 0 Å². The number of nitrogens with zero attached hydrogens (tertiary/aromatic N) is 1. The van der Waals surface area contributed by atoms with Crippen molar-refractivity contribution in [3.63, 3.8) is 0 Å². The molecule has 170 valence electrons. The Morgan fingerprint density at radius 1 is 1.15 bits per heavy atom. The first-order chi connectivity index (χ1) is 16.0. The van der Waals surface area contributed by atoms with E-state index in [-0.39, 0.29) is 17.5 Å².